The zero-order valence-corrected chi connectivity index (χ0v) is 14.0. The SMILES string of the molecule is CC(=O)Nc1sc2c(c1-c1nc3ccccc3s1)CN(C)C2. The first-order chi connectivity index (χ1) is 10.6. The highest BCUT2D eigenvalue weighted by Gasteiger charge is 2.28. The molecule has 4 rings (SSSR count). The van der Waals surface area contributed by atoms with E-state index in [0.717, 1.165) is 34.2 Å². The average Bonchev–Trinajstić information content (AvgIpc) is 3.09. The van der Waals surface area contributed by atoms with Crippen LogP contribution in [-0.4, -0.2) is 22.8 Å². The number of aromatic nitrogens is 1. The van der Waals surface area contributed by atoms with Gasteiger partial charge in [0, 0.05) is 24.9 Å². The minimum atomic E-state index is -0.0318. The molecule has 3 heterocycles. The molecule has 0 atom stereocenters. The summed E-state index contributed by atoms with van der Waals surface area (Å²) >= 11 is 3.37. The molecule has 1 N–H and O–H groups in total. The molecule has 0 radical (unpaired) electrons. The molecule has 1 aliphatic rings. The molecule has 0 saturated heterocycles. The first-order valence-electron chi connectivity index (χ1n) is 7.08. The summed E-state index contributed by atoms with van der Waals surface area (Å²) in [5.74, 6) is -0.0318. The monoisotopic (exact) mass is 329 g/mol. The van der Waals surface area contributed by atoms with E-state index in [1.54, 1.807) is 29.6 Å². The Morgan fingerprint density at radius 1 is 1.27 bits per heavy atom. The molecule has 0 saturated carbocycles. The number of hydrogen-bond donors (Lipinski definition) is 1. The average molecular weight is 329 g/mol. The van der Waals surface area contributed by atoms with Gasteiger partial charge in [0.1, 0.15) is 10.0 Å². The molecule has 2 aromatic heterocycles. The highest BCUT2D eigenvalue weighted by atomic mass is 32.1. The summed E-state index contributed by atoms with van der Waals surface area (Å²) in [4.78, 5) is 19.9. The van der Waals surface area contributed by atoms with Crippen molar-refractivity contribution < 1.29 is 4.79 Å². The topological polar surface area (TPSA) is 45.2 Å². The summed E-state index contributed by atoms with van der Waals surface area (Å²) in [5, 5.41) is 4.92. The van der Waals surface area contributed by atoms with Crippen molar-refractivity contribution in [2.45, 2.75) is 20.0 Å². The van der Waals surface area contributed by atoms with Gasteiger partial charge in [0.05, 0.1) is 15.8 Å². The van der Waals surface area contributed by atoms with Crippen LogP contribution >= 0.6 is 22.7 Å². The Morgan fingerprint density at radius 2 is 2.09 bits per heavy atom. The molecule has 0 aliphatic carbocycles. The summed E-state index contributed by atoms with van der Waals surface area (Å²) in [5.41, 5.74) is 3.44. The van der Waals surface area contributed by atoms with Crippen LogP contribution in [-0.2, 0) is 17.9 Å². The molecule has 112 valence electrons. The molecule has 0 unspecified atom stereocenters. The van der Waals surface area contributed by atoms with Crippen LogP contribution in [0.15, 0.2) is 24.3 Å². The number of nitrogens with one attached hydrogen (secondary N) is 1. The third-order valence-electron chi connectivity index (χ3n) is 3.73. The Labute approximate surface area is 136 Å². The maximum absolute atomic E-state index is 11.5. The van der Waals surface area contributed by atoms with Gasteiger partial charge in [-0.1, -0.05) is 12.1 Å². The van der Waals surface area contributed by atoms with Gasteiger partial charge in [-0.2, -0.15) is 0 Å². The lowest BCUT2D eigenvalue weighted by molar-refractivity contribution is -0.114. The van der Waals surface area contributed by atoms with E-state index in [0.29, 0.717) is 0 Å². The van der Waals surface area contributed by atoms with Crippen LogP contribution in [0.3, 0.4) is 0 Å². The van der Waals surface area contributed by atoms with Crippen molar-refractivity contribution in [3.8, 4) is 10.6 Å². The van der Waals surface area contributed by atoms with Crippen molar-refractivity contribution in [3.05, 3.63) is 34.7 Å². The molecule has 1 amide bonds. The maximum Gasteiger partial charge on any atom is 0.221 e. The van der Waals surface area contributed by atoms with Gasteiger partial charge in [0.2, 0.25) is 5.91 Å². The summed E-state index contributed by atoms with van der Waals surface area (Å²) in [6, 6.07) is 8.16. The molecule has 22 heavy (non-hydrogen) atoms. The quantitative estimate of drug-likeness (QED) is 0.775. The number of carbonyl (C=O) groups excluding carboxylic acids is 1. The number of thiazole rings is 1. The number of rotatable bonds is 2. The molecule has 3 aromatic rings. The summed E-state index contributed by atoms with van der Waals surface area (Å²) < 4.78 is 1.18. The second-order valence-corrected chi connectivity index (χ2v) is 7.68. The maximum atomic E-state index is 11.5. The number of carbonyl (C=O) groups is 1. The molecular weight excluding hydrogens is 314 g/mol. The number of para-hydroxylation sites is 1. The van der Waals surface area contributed by atoms with E-state index in [1.165, 1.54) is 15.1 Å². The Hall–Kier alpha value is -1.76. The minimum absolute atomic E-state index is 0.0318. The zero-order chi connectivity index (χ0) is 15.3. The number of nitrogens with zero attached hydrogens (tertiary/aromatic N) is 2. The fraction of sp³-hybridized carbons (Fsp3) is 0.250. The lowest BCUT2D eigenvalue weighted by Crippen LogP contribution is -2.09. The number of fused-ring (bicyclic) bond motifs is 2. The second-order valence-electron chi connectivity index (χ2n) is 5.55. The molecule has 0 spiro atoms. The summed E-state index contributed by atoms with van der Waals surface area (Å²) in [6.45, 7) is 3.41. The van der Waals surface area contributed by atoms with Gasteiger partial charge in [-0.3, -0.25) is 9.69 Å². The zero-order valence-electron chi connectivity index (χ0n) is 12.3. The summed E-state index contributed by atoms with van der Waals surface area (Å²) in [7, 11) is 2.12. The molecular formula is C16H15N3OS2. The van der Waals surface area contributed by atoms with Gasteiger partial charge in [0.25, 0.3) is 0 Å². The van der Waals surface area contributed by atoms with E-state index < -0.39 is 0 Å². The standard InChI is InChI=1S/C16H15N3OS2/c1-9(20)17-15-14(10-7-19(2)8-13(10)22-15)16-18-11-5-3-4-6-12(11)21-16/h3-6H,7-8H2,1-2H3,(H,17,20). The number of hydrogen-bond acceptors (Lipinski definition) is 5. The summed E-state index contributed by atoms with van der Waals surface area (Å²) in [6.07, 6.45) is 0. The molecule has 1 aliphatic heterocycles. The molecule has 4 nitrogen and oxygen atoms in total. The van der Waals surface area contributed by atoms with Gasteiger partial charge in [-0.15, -0.1) is 22.7 Å². The van der Waals surface area contributed by atoms with Crippen molar-refractivity contribution >= 4 is 43.8 Å². The van der Waals surface area contributed by atoms with E-state index in [1.807, 2.05) is 18.2 Å². The van der Waals surface area contributed by atoms with E-state index in [9.17, 15) is 4.79 Å². The van der Waals surface area contributed by atoms with Crippen LogP contribution in [0, 0.1) is 0 Å². The van der Waals surface area contributed by atoms with Crippen molar-refractivity contribution in [1.82, 2.24) is 9.88 Å². The number of thiophene rings is 1. The minimum Gasteiger partial charge on any atom is -0.317 e. The largest absolute Gasteiger partial charge is 0.317 e. The fourth-order valence-electron chi connectivity index (χ4n) is 2.83. The van der Waals surface area contributed by atoms with Crippen LogP contribution in [0.2, 0.25) is 0 Å². The van der Waals surface area contributed by atoms with Crippen molar-refractivity contribution in [3.63, 3.8) is 0 Å². The first-order valence-corrected chi connectivity index (χ1v) is 8.71. The Balaban J connectivity index is 1.90. The van der Waals surface area contributed by atoms with Crippen LogP contribution in [0.5, 0.6) is 0 Å². The van der Waals surface area contributed by atoms with Crippen LogP contribution in [0.4, 0.5) is 5.00 Å². The lowest BCUT2D eigenvalue weighted by atomic mass is 10.1. The van der Waals surface area contributed by atoms with Crippen LogP contribution < -0.4 is 5.32 Å². The van der Waals surface area contributed by atoms with E-state index >= 15 is 0 Å². The van der Waals surface area contributed by atoms with Crippen LogP contribution in [0.25, 0.3) is 20.8 Å². The predicted molar refractivity (Wildman–Crippen MR) is 92.4 cm³/mol. The van der Waals surface area contributed by atoms with Crippen molar-refractivity contribution in [1.29, 1.82) is 0 Å². The third-order valence-corrected chi connectivity index (χ3v) is 5.92. The molecule has 1 aromatic carbocycles. The third kappa shape index (κ3) is 2.24. The van der Waals surface area contributed by atoms with Gasteiger partial charge >= 0.3 is 0 Å². The second kappa shape index (κ2) is 5.15. The van der Waals surface area contributed by atoms with Crippen molar-refractivity contribution in [2.24, 2.45) is 0 Å². The number of anilines is 1. The Kier molecular flexibility index (Phi) is 3.25. The van der Waals surface area contributed by atoms with E-state index in [-0.39, 0.29) is 5.91 Å². The smallest absolute Gasteiger partial charge is 0.221 e. The first kappa shape index (κ1) is 13.9. The predicted octanol–water partition coefficient (Wildman–Crippen LogP) is 3.93. The Bertz CT molecular complexity index is 848. The normalized spacial score (nSPS) is 14.5. The van der Waals surface area contributed by atoms with Crippen molar-refractivity contribution in [2.75, 3.05) is 12.4 Å². The van der Waals surface area contributed by atoms with Crippen LogP contribution in [0.1, 0.15) is 17.4 Å². The molecule has 0 fully saturated rings. The van der Waals surface area contributed by atoms with E-state index in [2.05, 4.69) is 23.3 Å². The van der Waals surface area contributed by atoms with Gasteiger partial charge < -0.3 is 5.32 Å². The lowest BCUT2D eigenvalue weighted by Gasteiger charge is -2.08. The van der Waals surface area contributed by atoms with Gasteiger partial charge in [-0.05, 0) is 24.7 Å². The molecule has 0 bridgehead atoms. The highest BCUT2D eigenvalue weighted by Crippen LogP contribution is 2.46. The number of benzene rings is 1. The fourth-order valence-corrected chi connectivity index (χ4v) is 5.28. The Morgan fingerprint density at radius 3 is 2.86 bits per heavy atom. The van der Waals surface area contributed by atoms with Gasteiger partial charge in [-0.25, -0.2) is 4.98 Å². The molecule has 6 heteroatoms. The van der Waals surface area contributed by atoms with Gasteiger partial charge in [0.15, 0.2) is 0 Å². The van der Waals surface area contributed by atoms with E-state index in [4.69, 9.17) is 4.98 Å². The number of amides is 1. The highest BCUT2D eigenvalue weighted by molar-refractivity contribution is 7.22.